The molecule has 0 aliphatic rings. The van der Waals surface area contributed by atoms with Crippen LogP contribution < -0.4 is 10.2 Å². The Labute approximate surface area is 128 Å². The molecule has 0 saturated carbocycles. The van der Waals surface area contributed by atoms with Crippen LogP contribution in [-0.2, 0) is 4.79 Å². The second kappa shape index (κ2) is 6.26. The first kappa shape index (κ1) is 15.5. The Kier molecular flexibility index (Phi) is 4.62. The molecule has 2 rings (SSSR count). The first-order valence-electron chi connectivity index (χ1n) is 6.85. The number of rotatable bonds is 5. The van der Waals surface area contributed by atoms with Crippen molar-refractivity contribution in [3.05, 3.63) is 10.9 Å². The van der Waals surface area contributed by atoms with Crippen molar-refractivity contribution in [2.75, 3.05) is 44.4 Å². The molecule has 114 valence electrons. The summed E-state index contributed by atoms with van der Waals surface area (Å²) in [5.41, 5.74) is 0. The zero-order valence-electron chi connectivity index (χ0n) is 13.1. The highest BCUT2D eigenvalue weighted by atomic mass is 32.1. The fraction of sp³-hybridized carbons (Fsp3) is 0.500. The predicted molar refractivity (Wildman–Crippen MR) is 88.3 cm³/mol. The van der Waals surface area contributed by atoms with Crippen molar-refractivity contribution in [2.24, 2.45) is 0 Å². The lowest BCUT2D eigenvalue weighted by Crippen LogP contribution is -2.34. The maximum Gasteiger partial charge on any atom is 0.241 e. The Balaban J connectivity index is 2.42. The first-order valence-corrected chi connectivity index (χ1v) is 7.67. The number of carbonyl (C=O) groups excluding carboxylic acids is 1. The summed E-state index contributed by atoms with van der Waals surface area (Å²) in [7, 11) is 5.39. The number of anilines is 2. The highest BCUT2D eigenvalue weighted by Crippen LogP contribution is 2.31. The summed E-state index contributed by atoms with van der Waals surface area (Å²) in [6.45, 7) is 5.11. The minimum absolute atomic E-state index is 0.0428. The van der Waals surface area contributed by atoms with Gasteiger partial charge in [0, 0.05) is 32.6 Å². The molecule has 0 spiro atoms. The van der Waals surface area contributed by atoms with Crippen LogP contribution in [0.5, 0.6) is 0 Å². The maximum atomic E-state index is 11.9. The molecule has 0 unspecified atom stereocenters. The number of carbonyl (C=O) groups is 1. The third kappa shape index (κ3) is 3.41. The molecule has 0 bridgehead atoms. The van der Waals surface area contributed by atoms with Crippen LogP contribution in [-0.4, -0.2) is 55.0 Å². The number of hydrogen-bond acceptors (Lipinski definition) is 6. The van der Waals surface area contributed by atoms with Crippen LogP contribution in [0.2, 0.25) is 0 Å². The first-order chi connectivity index (χ1) is 9.92. The summed E-state index contributed by atoms with van der Waals surface area (Å²) < 4.78 is 0. The van der Waals surface area contributed by atoms with Crippen LogP contribution in [0.15, 0.2) is 6.07 Å². The number of aryl methyl sites for hydroxylation is 1. The Hall–Kier alpha value is -1.89. The molecule has 6 nitrogen and oxygen atoms in total. The normalized spacial score (nSPS) is 10.7. The molecule has 1 N–H and O–H groups in total. The molecule has 0 fully saturated rings. The van der Waals surface area contributed by atoms with E-state index in [1.54, 1.807) is 30.3 Å². The van der Waals surface area contributed by atoms with E-state index < -0.39 is 0 Å². The lowest BCUT2D eigenvalue weighted by molar-refractivity contribution is -0.127. The molecule has 0 aliphatic carbocycles. The van der Waals surface area contributed by atoms with Crippen LogP contribution in [0, 0.1) is 6.92 Å². The minimum Gasteiger partial charge on any atom is -0.354 e. The Morgan fingerprint density at radius 3 is 2.67 bits per heavy atom. The lowest BCUT2D eigenvalue weighted by Gasteiger charge is -2.21. The van der Waals surface area contributed by atoms with Crippen molar-refractivity contribution in [1.82, 2.24) is 14.9 Å². The van der Waals surface area contributed by atoms with E-state index in [9.17, 15) is 4.79 Å². The van der Waals surface area contributed by atoms with E-state index in [0.717, 1.165) is 22.6 Å². The third-order valence-electron chi connectivity index (χ3n) is 3.06. The fourth-order valence-electron chi connectivity index (χ4n) is 1.97. The van der Waals surface area contributed by atoms with Crippen molar-refractivity contribution in [3.8, 4) is 0 Å². The smallest absolute Gasteiger partial charge is 0.241 e. The maximum absolute atomic E-state index is 11.9. The van der Waals surface area contributed by atoms with E-state index in [1.165, 1.54) is 4.88 Å². The highest BCUT2D eigenvalue weighted by Gasteiger charge is 2.16. The summed E-state index contributed by atoms with van der Waals surface area (Å²) in [5.74, 6) is 1.43. The Bertz CT molecular complexity index is 652. The molecule has 0 aromatic carbocycles. The van der Waals surface area contributed by atoms with Crippen molar-refractivity contribution in [3.63, 3.8) is 0 Å². The summed E-state index contributed by atoms with van der Waals surface area (Å²) >= 11 is 1.64. The molecule has 0 aliphatic heterocycles. The quantitative estimate of drug-likeness (QED) is 0.915. The zero-order valence-corrected chi connectivity index (χ0v) is 13.9. The van der Waals surface area contributed by atoms with Crippen molar-refractivity contribution >= 4 is 39.2 Å². The summed E-state index contributed by atoms with van der Waals surface area (Å²) in [5, 5.41) is 4.14. The van der Waals surface area contributed by atoms with Gasteiger partial charge in [-0.3, -0.25) is 4.79 Å². The molecular weight excluding hydrogens is 286 g/mol. The van der Waals surface area contributed by atoms with Gasteiger partial charge in [0.05, 0.1) is 11.9 Å². The van der Waals surface area contributed by atoms with Crippen molar-refractivity contribution in [1.29, 1.82) is 0 Å². The number of aromatic nitrogens is 2. The molecule has 0 atom stereocenters. The van der Waals surface area contributed by atoms with E-state index in [0.29, 0.717) is 12.5 Å². The van der Waals surface area contributed by atoms with Gasteiger partial charge in [-0.25, -0.2) is 4.98 Å². The molecule has 2 aromatic heterocycles. The third-order valence-corrected chi connectivity index (χ3v) is 4.01. The fourth-order valence-corrected chi connectivity index (χ4v) is 2.85. The van der Waals surface area contributed by atoms with Crippen molar-refractivity contribution < 1.29 is 4.79 Å². The Morgan fingerprint density at radius 1 is 1.33 bits per heavy atom. The summed E-state index contributed by atoms with van der Waals surface area (Å²) in [4.78, 5) is 26.6. The number of fused-ring (bicyclic) bond motifs is 1. The summed E-state index contributed by atoms with van der Waals surface area (Å²) in [6.07, 6.45) is 0. The van der Waals surface area contributed by atoms with Gasteiger partial charge in [-0.05, 0) is 19.9 Å². The minimum atomic E-state index is 0.0428. The van der Waals surface area contributed by atoms with E-state index in [-0.39, 0.29) is 5.91 Å². The number of nitrogens with one attached hydrogen (secondary N) is 1. The topological polar surface area (TPSA) is 61.4 Å². The van der Waals surface area contributed by atoms with Crippen LogP contribution >= 0.6 is 11.3 Å². The van der Waals surface area contributed by atoms with Gasteiger partial charge in [-0.2, -0.15) is 4.98 Å². The largest absolute Gasteiger partial charge is 0.354 e. The predicted octanol–water partition coefficient (Wildman–Crippen LogP) is 1.96. The van der Waals surface area contributed by atoms with Gasteiger partial charge in [0.1, 0.15) is 10.6 Å². The highest BCUT2D eigenvalue weighted by molar-refractivity contribution is 7.18. The average Bonchev–Trinajstić information content (AvgIpc) is 2.77. The standard InChI is InChI=1S/C14H21N5OS/c1-6-15-14-16-12(19(5)8-11(20)18(3)4)10-7-9(2)21-13(10)17-14/h7H,6,8H2,1-5H3,(H,15,16,17). The van der Waals surface area contributed by atoms with Gasteiger partial charge in [0.15, 0.2) is 0 Å². The van der Waals surface area contributed by atoms with Gasteiger partial charge in [0.2, 0.25) is 11.9 Å². The van der Waals surface area contributed by atoms with E-state index in [4.69, 9.17) is 0 Å². The van der Waals surface area contributed by atoms with Crippen LogP contribution in [0.3, 0.4) is 0 Å². The van der Waals surface area contributed by atoms with Gasteiger partial charge in [-0.1, -0.05) is 0 Å². The SMILES string of the molecule is CCNc1nc(N(C)CC(=O)N(C)C)c2cc(C)sc2n1. The average molecular weight is 307 g/mol. The number of likely N-dealkylation sites (N-methyl/N-ethyl adjacent to an activating group) is 2. The van der Waals surface area contributed by atoms with Gasteiger partial charge in [-0.15, -0.1) is 11.3 Å². The van der Waals surface area contributed by atoms with Crippen LogP contribution in [0.25, 0.3) is 10.2 Å². The van der Waals surface area contributed by atoms with E-state index in [1.807, 2.05) is 25.8 Å². The number of thiophene rings is 1. The molecule has 2 heterocycles. The molecule has 2 aromatic rings. The zero-order chi connectivity index (χ0) is 15.6. The monoisotopic (exact) mass is 307 g/mol. The van der Waals surface area contributed by atoms with E-state index >= 15 is 0 Å². The number of nitrogens with zero attached hydrogens (tertiary/aromatic N) is 4. The molecule has 1 amide bonds. The van der Waals surface area contributed by atoms with Crippen LogP contribution in [0.4, 0.5) is 11.8 Å². The molecule has 0 saturated heterocycles. The van der Waals surface area contributed by atoms with Crippen LogP contribution in [0.1, 0.15) is 11.8 Å². The van der Waals surface area contributed by atoms with Gasteiger partial charge < -0.3 is 15.1 Å². The molecule has 21 heavy (non-hydrogen) atoms. The molecule has 7 heteroatoms. The molecular formula is C14H21N5OS. The van der Waals surface area contributed by atoms with Crippen molar-refractivity contribution in [2.45, 2.75) is 13.8 Å². The van der Waals surface area contributed by atoms with E-state index in [2.05, 4.69) is 21.4 Å². The molecule has 0 radical (unpaired) electrons. The summed E-state index contributed by atoms with van der Waals surface area (Å²) in [6, 6.07) is 2.07. The van der Waals surface area contributed by atoms with Gasteiger partial charge >= 0.3 is 0 Å². The Morgan fingerprint density at radius 2 is 2.05 bits per heavy atom. The number of amides is 1. The van der Waals surface area contributed by atoms with Gasteiger partial charge in [0.25, 0.3) is 0 Å². The second-order valence-corrected chi connectivity index (χ2v) is 6.36. The lowest BCUT2D eigenvalue weighted by atomic mass is 10.3. The number of hydrogen-bond donors (Lipinski definition) is 1. The second-order valence-electron chi connectivity index (χ2n) is 5.12.